The number of nitrogens with zero attached hydrogens (tertiary/aromatic N) is 1. The Bertz CT molecular complexity index is 219. The number of carbonyl (C=O) groups excluding carboxylic acids is 1. The van der Waals surface area contributed by atoms with Gasteiger partial charge in [0.25, 0.3) is 0 Å². The van der Waals surface area contributed by atoms with E-state index in [1.54, 1.807) is 0 Å². The Hall–Kier alpha value is -0.780. The summed E-state index contributed by atoms with van der Waals surface area (Å²) in [5, 5.41) is 0. The van der Waals surface area contributed by atoms with Crippen molar-refractivity contribution < 1.29 is 18.0 Å². The van der Waals surface area contributed by atoms with E-state index in [0.717, 1.165) is 11.3 Å². The first kappa shape index (κ1) is 15.2. The molecule has 0 fully saturated rings. The highest BCUT2D eigenvalue weighted by atomic mass is 19.4. The van der Waals surface area contributed by atoms with Crippen LogP contribution in [0.25, 0.3) is 0 Å². The summed E-state index contributed by atoms with van der Waals surface area (Å²) in [7, 11) is 1.17. The third-order valence-electron chi connectivity index (χ3n) is 2.35. The van der Waals surface area contributed by atoms with Crippen LogP contribution in [0, 0.1) is 5.92 Å². The highest BCUT2D eigenvalue weighted by molar-refractivity contribution is 5.75. The summed E-state index contributed by atoms with van der Waals surface area (Å²) in [6.45, 7) is 1.29. The minimum absolute atomic E-state index is 0.147. The Morgan fingerprint density at radius 2 is 1.94 bits per heavy atom. The van der Waals surface area contributed by atoms with Crippen molar-refractivity contribution in [3.63, 3.8) is 0 Å². The van der Waals surface area contributed by atoms with E-state index in [4.69, 9.17) is 5.73 Å². The molecule has 1 amide bonds. The lowest BCUT2D eigenvalue weighted by Gasteiger charge is -2.19. The van der Waals surface area contributed by atoms with Gasteiger partial charge in [-0.25, -0.2) is 0 Å². The van der Waals surface area contributed by atoms with Gasteiger partial charge in [0.15, 0.2) is 0 Å². The van der Waals surface area contributed by atoms with Gasteiger partial charge in [-0.1, -0.05) is 6.92 Å². The predicted molar refractivity (Wildman–Crippen MR) is 55.8 cm³/mol. The maximum absolute atomic E-state index is 12.0. The molecular formula is C10H19F3N2O. The van der Waals surface area contributed by atoms with E-state index >= 15 is 0 Å². The van der Waals surface area contributed by atoms with Crippen LogP contribution in [0.1, 0.15) is 26.2 Å². The molecule has 0 aromatic rings. The maximum atomic E-state index is 12.0. The molecule has 0 bridgehead atoms. The molecule has 0 aliphatic heterocycles. The van der Waals surface area contributed by atoms with E-state index in [2.05, 4.69) is 0 Å². The SMILES string of the molecule is CC(CCN)CCC(=O)N(C)CC(F)(F)F. The van der Waals surface area contributed by atoms with Gasteiger partial charge in [0.2, 0.25) is 5.91 Å². The third kappa shape index (κ3) is 7.50. The molecule has 96 valence electrons. The van der Waals surface area contributed by atoms with Crippen LogP contribution in [-0.2, 0) is 4.79 Å². The van der Waals surface area contributed by atoms with Gasteiger partial charge in [-0.2, -0.15) is 13.2 Å². The molecule has 3 nitrogen and oxygen atoms in total. The van der Waals surface area contributed by atoms with E-state index in [-0.39, 0.29) is 12.3 Å². The number of alkyl halides is 3. The number of rotatable bonds is 6. The number of hydrogen-bond donors (Lipinski definition) is 1. The lowest BCUT2D eigenvalue weighted by molar-refractivity contribution is -0.158. The Labute approximate surface area is 93.8 Å². The largest absolute Gasteiger partial charge is 0.406 e. The lowest BCUT2D eigenvalue weighted by Crippen LogP contribution is -2.35. The highest BCUT2D eigenvalue weighted by Crippen LogP contribution is 2.17. The van der Waals surface area contributed by atoms with Gasteiger partial charge in [0.05, 0.1) is 0 Å². The van der Waals surface area contributed by atoms with Gasteiger partial charge in [-0.3, -0.25) is 4.79 Å². The molecule has 0 saturated carbocycles. The molecule has 1 atom stereocenters. The smallest absolute Gasteiger partial charge is 0.337 e. The first-order chi connectivity index (χ1) is 7.26. The van der Waals surface area contributed by atoms with Crippen molar-refractivity contribution in [2.75, 3.05) is 20.1 Å². The summed E-state index contributed by atoms with van der Waals surface area (Å²) < 4.78 is 35.9. The van der Waals surface area contributed by atoms with E-state index < -0.39 is 18.6 Å². The van der Waals surface area contributed by atoms with E-state index in [9.17, 15) is 18.0 Å². The van der Waals surface area contributed by atoms with Gasteiger partial charge >= 0.3 is 6.18 Å². The summed E-state index contributed by atoms with van der Waals surface area (Å²) in [6, 6.07) is 0. The standard InChI is InChI=1S/C10H19F3N2O/c1-8(5-6-14)3-4-9(16)15(2)7-10(11,12)13/h8H,3-7,14H2,1-2H3. The van der Waals surface area contributed by atoms with Crippen LogP contribution in [0.5, 0.6) is 0 Å². The average molecular weight is 240 g/mol. The van der Waals surface area contributed by atoms with Crippen LogP contribution in [0.15, 0.2) is 0 Å². The van der Waals surface area contributed by atoms with Crippen LogP contribution >= 0.6 is 0 Å². The van der Waals surface area contributed by atoms with Gasteiger partial charge in [-0.05, 0) is 25.3 Å². The summed E-state index contributed by atoms with van der Waals surface area (Å²) in [6.07, 6.45) is -2.81. The van der Waals surface area contributed by atoms with Gasteiger partial charge in [-0.15, -0.1) is 0 Å². The van der Waals surface area contributed by atoms with Crippen molar-refractivity contribution in [3.8, 4) is 0 Å². The van der Waals surface area contributed by atoms with E-state index in [1.807, 2.05) is 6.92 Å². The van der Waals surface area contributed by atoms with Gasteiger partial charge in [0.1, 0.15) is 6.54 Å². The minimum Gasteiger partial charge on any atom is -0.337 e. The zero-order chi connectivity index (χ0) is 12.8. The molecule has 0 aromatic carbocycles. The summed E-state index contributed by atoms with van der Waals surface area (Å²) in [5.74, 6) is -0.200. The predicted octanol–water partition coefficient (Wildman–Crippen LogP) is 1.77. The molecule has 6 heteroatoms. The number of halogens is 3. The second-order valence-corrected chi connectivity index (χ2v) is 4.09. The third-order valence-corrected chi connectivity index (χ3v) is 2.35. The number of hydrogen-bond acceptors (Lipinski definition) is 2. The van der Waals surface area contributed by atoms with Crippen molar-refractivity contribution in [1.82, 2.24) is 4.90 Å². The first-order valence-corrected chi connectivity index (χ1v) is 5.27. The molecule has 16 heavy (non-hydrogen) atoms. The second-order valence-electron chi connectivity index (χ2n) is 4.09. The monoisotopic (exact) mass is 240 g/mol. The first-order valence-electron chi connectivity index (χ1n) is 5.27. The molecule has 0 aromatic heterocycles. The van der Waals surface area contributed by atoms with Crippen molar-refractivity contribution >= 4 is 5.91 Å². The Kier molecular flexibility index (Phi) is 6.40. The lowest BCUT2D eigenvalue weighted by atomic mass is 10.0. The maximum Gasteiger partial charge on any atom is 0.406 e. The van der Waals surface area contributed by atoms with Crippen LogP contribution in [0.3, 0.4) is 0 Å². The van der Waals surface area contributed by atoms with Crippen LogP contribution in [-0.4, -0.2) is 37.1 Å². The molecular weight excluding hydrogens is 221 g/mol. The summed E-state index contributed by atoms with van der Waals surface area (Å²) in [5.41, 5.74) is 5.33. The molecule has 0 rings (SSSR count). The minimum atomic E-state index is -4.33. The van der Waals surface area contributed by atoms with Crippen molar-refractivity contribution in [1.29, 1.82) is 0 Å². The average Bonchev–Trinajstić information content (AvgIpc) is 2.11. The molecule has 0 heterocycles. The van der Waals surface area contributed by atoms with Crippen LogP contribution < -0.4 is 5.73 Å². The number of nitrogens with two attached hydrogens (primary N) is 1. The van der Waals surface area contributed by atoms with E-state index in [1.165, 1.54) is 7.05 Å². The highest BCUT2D eigenvalue weighted by Gasteiger charge is 2.30. The zero-order valence-electron chi connectivity index (χ0n) is 9.68. The fraction of sp³-hybridized carbons (Fsp3) is 0.900. The molecule has 0 radical (unpaired) electrons. The van der Waals surface area contributed by atoms with Crippen molar-refractivity contribution in [3.05, 3.63) is 0 Å². The van der Waals surface area contributed by atoms with Crippen LogP contribution in [0.4, 0.5) is 13.2 Å². The Morgan fingerprint density at radius 1 is 1.38 bits per heavy atom. The zero-order valence-corrected chi connectivity index (χ0v) is 9.68. The molecule has 0 aliphatic carbocycles. The summed E-state index contributed by atoms with van der Waals surface area (Å²) in [4.78, 5) is 12.0. The Morgan fingerprint density at radius 3 is 2.38 bits per heavy atom. The van der Waals surface area contributed by atoms with Crippen LogP contribution in [0.2, 0.25) is 0 Å². The quantitative estimate of drug-likeness (QED) is 0.769. The second kappa shape index (κ2) is 6.73. The van der Waals surface area contributed by atoms with E-state index in [0.29, 0.717) is 13.0 Å². The molecule has 2 N–H and O–H groups in total. The summed E-state index contributed by atoms with van der Waals surface area (Å²) >= 11 is 0. The topological polar surface area (TPSA) is 46.3 Å². The normalized spacial score (nSPS) is 13.6. The molecule has 0 spiro atoms. The van der Waals surface area contributed by atoms with Gasteiger partial charge < -0.3 is 10.6 Å². The van der Waals surface area contributed by atoms with Gasteiger partial charge in [0, 0.05) is 13.5 Å². The fourth-order valence-electron chi connectivity index (χ4n) is 1.35. The molecule has 0 aliphatic rings. The number of carbonyl (C=O) groups is 1. The fourth-order valence-corrected chi connectivity index (χ4v) is 1.35. The molecule has 0 saturated heterocycles. The van der Waals surface area contributed by atoms with Crippen molar-refractivity contribution in [2.24, 2.45) is 11.7 Å². The molecule has 1 unspecified atom stereocenters. The number of amides is 1. The Balaban J connectivity index is 3.88. The van der Waals surface area contributed by atoms with Crippen molar-refractivity contribution in [2.45, 2.75) is 32.4 Å².